The molecule has 1 rings (SSSR count). The Morgan fingerprint density at radius 3 is 2.62 bits per heavy atom. The Labute approximate surface area is 96.5 Å². The SMILES string of the molecule is CC(C)N(CC#N)Cc1cccc(C#N)c1. The van der Waals surface area contributed by atoms with Gasteiger partial charge in [0.2, 0.25) is 0 Å². The summed E-state index contributed by atoms with van der Waals surface area (Å²) in [5, 5.41) is 17.5. The average Bonchev–Trinajstić information content (AvgIpc) is 2.28. The Morgan fingerprint density at radius 2 is 2.06 bits per heavy atom. The molecular formula is C13H15N3. The molecule has 16 heavy (non-hydrogen) atoms. The van der Waals surface area contributed by atoms with Crippen molar-refractivity contribution in [3.8, 4) is 12.1 Å². The number of hydrogen-bond acceptors (Lipinski definition) is 3. The van der Waals surface area contributed by atoms with Crippen molar-refractivity contribution in [3.05, 3.63) is 35.4 Å². The van der Waals surface area contributed by atoms with Gasteiger partial charge in [0.05, 0.1) is 24.2 Å². The molecule has 0 bridgehead atoms. The van der Waals surface area contributed by atoms with E-state index in [0.717, 1.165) is 5.56 Å². The number of benzene rings is 1. The molecule has 82 valence electrons. The van der Waals surface area contributed by atoms with Crippen LogP contribution in [0.4, 0.5) is 0 Å². The predicted molar refractivity (Wildman–Crippen MR) is 62.3 cm³/mol. The molecule has 0 spiro atoms. The lowest BCUT2D eigenvalue weighted by atomic mass is 10.1. The van der Waals surface area contributed by atoms with E-state index >= 15 is 0 Å². The van der Waals surface area contributed by atoms with Crippen LogP contribution in [0.25, 0.3) is 0 Å². The maximum atomic E-state index is 8.79. The molecule has 0 N–H and O–H groups in total. The van der Waals surface area contributed by atoms with Crippen molar-refractivity contribution >= 4 is 0 Å². The van der Waals surface area contributed by atoms with E-state index in [0.29, 0.717) is 24.7 Å². The summed E-state index contributed by atoms with van der Waals surface area (Å²) in [5.41, 5.74) is 1.74. The first-order valence-corrected chi connectivity index (χ1v) is 5.27. The minimum absolute atomic E-state index is 0.324. The molecule has 0 aromatic heterocycles. The molecule has 0 saturated carbocycles. The van der Waals surface area contributed by atoms with Gasteiger partial charge >= 0.3 is 0 Å². The topological polar surface area (TPSA) is 50.8 Å². The van der Waals surface area contributed by atoms with Gasteiger partial charge in [0, 0.05) is 12.6 Å². The maximum Gasteiger partial charge on any atom is 0.0991 e. The molecule has 0 atom stereocenters. The molecule has 0 aliphatic heterocycles. The van der Waals surface area contributed by atoms with Gasteiger partial charge < -0.3 is 0 Å². The summed E-state index contributed by atoms with van der Waals surface area (Å²) >= 11 is 0. The molecule has 0 saturated heterocycles. The van der Waals surface area contributed by atoms with Gasteiger partial charge in [0.15, 0.2) is 0 Å². The second-order valence-electron chi connectivity index (χ2n) is 3.97. The smallest absolute Gasteiger partial charge is 0.0991 e. The van der Waals surface area contributed by atoms with Gasteiger partial charge in [0.1, 0.15) is 0 Å². The van der Waals surface area contributed by atoms with Crippen LogP contribution in [0.15, 0.2) is 24.3 Å². The third-order valence-corrected chi connectivity index (χ3v) is 2.45. The summed E-state index contributed by atoms with van der Waals surface area (Å²) in [4.78, 5) is 2.07. The lowest BCUT2D eigenvalue weighted by Gasteiger charge is -2.23. The van der Waals surface area contributed by atoms with E-state index in [2.05, 4.69) is 30.9 Å². The Hall–Kier alpha value is -1.84. The number of nitriles is 2. The van der Waals surface area contributed by atoms with Crippen LogP contribution in [0, 0.1) is 22.7 Å². The third kappa shape index (κ3) is 3.38. The van der Waals surface area contributed by atoms with Crippen LogP contribution in [0.2, 0.25) is 0 Å². The molecular weight excluding hydrogens is 198 g/mol. The lowest BCUT2D eigenvalue weighted by molar-refractivity contribution is 0.240. The summed E-state index contributed by atoms with van der Waals surface area (Å²) < 4.78 is 0. The van der Waals surface area contributed by atoms with Gasteiger partial charge in [0.25, 0.3) is 0 Å². The van der Waals surface area contributed by atoms with Gasteiger partial charge in [-0.3, -0.25) is 4.90 Å². The highest BCUT2D eigenvalue weighted by atomic mass is 15.1. The van der Waals surface area contributed by atoms with Crippen molar-refractivity contribution in [2.24, 2.45) is 0 Å². The Balaban J connectivity index is 2.78. The Bertz CT molecular complexity index is 424. The molecule has 0 amide bonds. The van der Waals surface area contributed by atoms with Crippen LogP contribution in [0.3, 0.4) is 0 Å². The first kappa shape index (κ1) is 12.2. The first-order valence-electron chi connectivity index (χ1n) is 5.27. The third-order valence-electron chi connectivity index (χ3n) is 2.45. The van der Waals surface area contributed by atoms with Crippen molar-refractivity contribution in [2.75, 3.05) is 6.54 Å². The fourth-order valence-corrected chi connectivity index (χ4v) is 1.49. The maximum absolute atomic E-state index is 8.79. The van der Waals surface area contributed by atoms with Gasteiger partial charge in [-0.05, 0) is 31.5 Å². The normalized spacial score (nSPS) is 10.1. The summed E-state index contributed by atoms with van der Waals surface area (Å²) in [6.45, 7) is 5.24. The largest absolute Gasteiger partial charge is 0.284 e. The van der Waals surface area contributed by atoms with Crippen LogP contribution in [-0.2, 0) is 6.54 Å². The molecule has 0 fully saturated rings. The van der Waals surface area contributed by atoms with Gasteiger partial charge in [-0.15, -0.1) is 0 Å². The van der Waals surface area contributed by atoms with E-state index in [4.69, 9.17) is 10.5 Å². The van der Waals surface area contributed by atoms with Gasteiger partial charge in [-0.2, -0.15) is 10.5 Å². The van der Waals surface area contributed by atoms with Crippen LogP contribution in [0.1, 0.15) is 25.0 Å². The Morgan fingerprint density at radius 1 is 1.31 bits per heavy atom. The molecule has 0 aliphatic carbocycles. The van der Waals surface area contributed by atoms with Crippen molar-refractivity contribution in [1.82, 2.24) is 4.90 Å². The standard InChI is InChI=1S/C13H15N3/c1-11(2)16(7-6-14)10-13-5-3-4-12(8-13)9-15/h3-5,8,11H,7,10H2,1-2H3. The highest BCUT2D eigenvalue weighted by molar-refractivity contribution is 5.32. The van der Waals surface area contributed by atoms with Crippen LogP contribution in [-0.4, -0.2) is 17.5 Å². The van der Waals surface area contributed by atoms with Crippen molar-refractivity contribution in [1.29, 1.82) is 10.5 Å². The number of nitrogens with zero attached hydrogens (tertiary/aromatic N) is 3. The van der Waals surface area contributed by atoms with E-state index in [-0.39, 0.29) is 0 Å². The molecule has 0 unspecified atom stereocenters. The summed E-state index contributed by atoms with van der Waals surface area (Å²) in [5.74, 6) is 0. The fraction of sp³-hybridized carbons (Fsp3) is 0.385. The van der Waals surface area contributed by atoms with Crippen LogP contribution < -0.4 is 0 Å². The van der Waals surface area contributed by atoms with Crippen molar-refractivity contribution < 1.29 is 0 Å². The van der Waals surface area contributed by atoms with Gasteiger partial charge in [-0.25, -0.2) is 0 Å². The molecule has 1 aromatic rings. The quantitative estimate of drug-likeness (QED) is 0.721. The number of hydrogen-bond donors (Lipinski definition) is 0. The average molecular weight is 213 g/mol. The minimum Gasteiger partial charge on any atom is -0.284 e. The summed E-state index contributed by atoms with van der Waals surface area (Å²) in [7, 11) is 0. The molecule has 0 radical (unpaired) electrons. The number of rotatable bonds is 4. The molecule has 0 aliphatic rings. The highest BCUT2D eigenvalue weighted by Gasteiger charge is 2.09. The first-order chi connectivity index (χ1) is 7.67. The van der Waals surface area contributed by atoms with Crippen molar-refractivity contribution in [2.45, 2.75) is 26.4 Å². The zero-order chi connectivity index (χ0) is 12.0. The van der Waals surface area contributed by atoms with Crippen molar-refractivity contribution in [3.63, 3.8) is 0 Å². The fourth-order valence-electron chi connectivity index (χ4n) is 1.49. The minimum atomic E-state index is 0.324. The van der Waals surface area contributed by atoms with E-state index < -0.39 is 0 Å². The molecule has 3 heteroatoms. The van der Waals surface area contributed by atoms with E-state index in [1.54, 1.807) is 6.07 Å². The molecule has 3 nitrogen and oxygen atoms in total. The monoisotopic (exact) mass is 213 g/mol. The van der Waals surface area contributed by atoms with E-state index in [1.165, 1.54) is 0 Å². The highest BCUT2D eigenvalue weighted by Crippen LogP contribution is 2.09. The second kappa shape index (κ2) is 5.90. The zero-order valence-corrected chi connectivity index (χ0v) is 9.64. The van der Waals surface area contributed by atoms with Gasteiger partial charge in [-0.1, -0.05) is 12.1 Å². The predicted octanol–water partition coefficient (Wildman–Crippen LogP) is 2.29. The Kier molecular flexibility index (Phi) is 4.51. The molecule has 0 heterocycles. The second-order valence-corrected chi connectivity index (χ2v) is 3.97. The summed E-state index contributed by atoms with van der Waals surface area (Å²) in [6.07, 6.45) is 0. The van der Waals surface area contributed by atoms with Crippen LogP contribution in [0.5, 0.6) is 0 Å². The molecule has 1 aromatic carbocycles. The van der Waals surface area contributed by atoms with Crippen LogP contribution >= 0.6 is 0 Å². The zero-order valence-electron chi connectivity index (χ0n) is 9.64. The lowest BCUT2D eigenvalue weighted by Crippen LogP contribution is -2.30. The van der Waals surface area contributed by atoms with E-state index in [1.807, 2.05) is 18.2 Å². The summed E-state index contributed by atoms with van der Waals surface area (Å²) in [6, 6.07) is 12.1. The van der Waals surface area contributed by atoms with E-state index in [9.17, 15) is 0 Å².